The average Bonchev–Trinajstić information content (AvgIpc) is 4.29. The number of esters is 1. The van der Waals surface area contributed by atoms with Crippen LogP contribution in [-0.2, 0) is 47.9 Å². The average molecular weight is 1130 g/mol. The topological polar surface area (TPSA) is 287 Å². The minimum absolute atomic E-state index is 0.00700. The first kappa shape index (κ1) is 61.5. The third kappa shape index (κ3) is 16.2. The van der Waals surface area contributed by atoms with Gasteiger partial charge in [0.1, 0.15) is 6.61 Å². The third-order valence-electron chi connectivity index (χ3n) is 12.8. The molecule has 0 spiro atoms. The first-order chi connectivity index (χ1) is 39.4. The Morgan fingerprint density at radius 3 is 1.66 bits per heavy atom. The Labute approximate surface area is 472 Å². The summed E-state index contributed by atoms with van der Waals surface area (Å²) < 4.78 is 52.2. The van der Waals surface area contributed by atoms with Crippen molar-refractivity contribution in [2.45, 2.75) is 57.5 Å². The molecule has 8 rings (SSSR count). The summed E-state index contributed by atoms with van der Waals surface area (Å²) in [5.74, 6) is -1.08. The van der Waals surface area contributed by atoms with Crippen molar-refractivity contribution >= 4 is 29.1 Å². The summed E-state index contributed by atoms with van der Waals surface area (Å²) in [7, 11) is 7.19. The second-order valence-corrected chi connectivity index (χ2v) is 18.3. The Bertz CT molecular complexity index is 3340. The van der Waals surface area contributed by atoms with Gasteiger partial charge in [0.15, 0.2) is 86.7 Å². The lowest BCUT2D eigenvalue weighted by atomic mass is 9.74. The van der Waals surface area contributed by atoms with Crippen LogP contribution in [0.5, 0.6) is 57.5 Å². The van der Waals surface area contributed by atoms with Gasteiger partial charge in [-0.05, 0) is 139 Å². The molecule has 432 valence electrons. The number of carbonyl (C=O) groups excluding carboxylic acids is 5. The van der Waals surface area contributed by atoms with Crippen molar-refractivity contribution in [1.82, 2.24) is 0 Å². The molecular weight excluding hydrogens is 1060 g/mol. The van der Waals surface area contributed by atoms with E-state index in [1.54, 1.807) is 105 Å². The van der Waals surface area contributed by atoms with Gasteiger partial charge >= 0.3 is 5.97 Å². The summed E-state index contributed by atoms with van der Waals surface area (Å²) in [5.41, 5.74) is 4.09. The Morgan fingerprint density at radius 2 is 1.11 bits per heavy atom. The number of methoxy groups -OCH3 is 5. The molecule has 0 saturated heterocycles. The van der Waals surface area contributed by atoms with Crippen LogP contribution in [0.1, 0.15) is 86.6 Å². The number of ether oxygens (including phenoxy) is 8. The Hall–Kier alpha value is -9.69. The van der Waals surface area contributed by atoms with Crippen LogP contribution in [-0.4, -0.2) is 116 Å². The van der Waals surface area contributed by atoms with Crippen molar-refractivity contribution in [3.63, 3.8) is 0 Å². The molecule has 0 bridgehead atoms. The van der Waals surface area contributed by atoms with E-state index in [1.807, 2.05) is 0 Å². The lowest BCUT2D eigenvalue weighted by Crippen LogP contribution is -2.34. The molecule has 0 amide bonds. The van der Waals surface area contributed by atoms with Crippen LogP contribution in [0.15, 0.2) is 142 Å². The molecule has 0 radical (unpaired) electrons. The number of carbonyl (C=O) groups is 5. The highest BCUT2D eigenvalue weighted by molar-refractivity contribution is 6.02. The van der Waals surface area contributed by atoms with Gasteiger partial charge in [-0.25, -0.2) is 0 Å². The number of benzene rings is 5. The first-order valence-corrected chi connectivity index (χ1v) is 25.5. The number of rotatable bonds is 24. The van der Waals surface area contributed by atoms with Gasteiger partial charge in [-0.3, -0.25) is 24.0 Å². The Balaban J connectivity index is 0.000000204. The maximum Gasteiger partial charge on any atom is 0.308 e. The molecule has 3 atom stereocenters. The number of ketones is 4. The summed E-state index contributed by atoms with van der Waals surface area (Å²) >= 11 is 0. The van der Waals surface area contributed by atoms with Gasteiger partial charge in [-0.1, -0.05) is 24.3 Å². The number of furan rings is 2. The van der Waals surface area contributed by atoms with Crippen molar-refractivity contribution in [3.05, 3.63) is 178 Å². The summed E-state index contributed by atoms with van der Waals surface area (Å²) in [6, 6.07) is 28.6. The lowest BCUT2D eigenvalue weighted by Gasteiger charge is -2.31. The minimum atomic E-state index is -1.02. The van der Waals surface area contributed by atoms with Crippen molar-refractivity contribution in [2.75, 3.05) is 55.4 Å². The monoisotopic (exact) mass is 1130 g/mol. The van der Waals surface area contributed by atoms with Crippen LogP contribution in [0.2, 0.25) is 0 Å². The number of phenolic OH excluding ortho intramolecular Hbond substituents is 5. The van der Waals surface area contributed by atoms with E-state index in [-0.39, 0.29) is 108 Å². The first-order valence-electron chi connectivity index (χ1n) is 25.5. The molecule has 0 saturated carbocycles. The molecule has 5 aromatic carbocycles. The van der Waals surface area contributed by atoms with Gasteiger partial charge in [0, 0.05) is 24.8 Å². The molecule has 20 nitrogen and oxygen atoms in total. The normalized spacial score (nSPS) is 13.1. The molecule has 1 aliphatic heterocycles. The minimum Gasteiger partial charge on any atom is -0.504 e. The van der Waals surface area contributed by atoms with Gasteiger partial charge in [0.05, 0.1) is 79.4 Å². The number of phenols is 5. The third-order valence-corrected chi connectivity index (χ3v) is 12.8. The van der Waals surface area contributed by atoms with E-state index in [2.05, 4.69) is 0 Å². The number of allylic oxidation sites excluding steroid dienone is 1. The van der Waals surface area contributed by atoms with Crippen LogP contribution in [0.4, 0.5) is 0 Å². The van der Waals surface area contributed by atoms with Crippen molar-refractivity contribution in [1.29, 1.82) is 0 Å². The molecule has 20 heteroatoms. The van der Waals surface area contributed by atoms with Gasteiger partial charge < -0.3 is 72.3 Å². The molecule has 2 aromatic heterocycles. The van der Waals surface area contributed by atoms with E-state index in [1.165, 1.54) is 72.4 Å². The second kappa shape index (κ2) is 29.5. The summed E-state index contributed by atoms with van der Waals surface area (Å²) in [6.07, 6.45) is 4.07. The van der Waals surface area contributed by atoms with E-state index in [0.29, 0.717) is 47.2 Å². The molecule has 3 unspecified atom stereocenters. The highest BCUT2D eigenvalue weighted by Crippen LogP contribution is 2.46. The van der Waals surface area contributed by atoms with Gasteiger partial charge in [-0.2, -0.15) is 0 Å². The van der Waals surface area contributed by atoms with Crippen molar-refractivity contribution in [2.24, 2.45) is 0 Å². The maximum absolute atomic E-state index is 13.8. The fraction of sp³-hybridized carbons (Fsp3) is 0.274. The van der Waals surface area contributed by atoms with E-state index in [9.17, 15) is 49.5 Å². The van der Waals surface area contributed by atoms with Crippen molar-refractivity contribution < 1.29 is 96.2 Å². The molecule has 5 N–H and O–H groups in total. The molecule has 7 aromatic rings. The molecule has 1 aliphatic rings. The van der Waals surface area contributed by atoms with Gasteiger partial charge in [0.2, 0.25) is 11.6 Å². The lowest BCUT2D eigenvalue weighted by molar-refractivity contribution is -0.145. The van der Waals surface area contributed by atoms with E-state index < -0.39 is 23.7 Å². The SMILES string of the molecule is CCOC(=O)CCOCC(=O)Cc1ccc(O)c(OC)c1.COc1cc(C(C(=O)c2ccco2)C(c2ccc(O)c(OC)c2)C2OC(C)=CC2=O)ccc1O.COc1cc(Cc2cc(O)c(OC)cc2CC(=O)c2ccco2)ccc1O. The standard InChI is InChI=1S/C26H24O8.C21H20O6.C15H20O6/c1-14-11-19(29)26(34-14)24(16-7-9-18(28)22(13-16)32-3)23(25(30)20-5-4-10-33-20)15-6-8-17(27)21(12-15)31-2;1-25-20-9-13(5-6-16(20)22)8-14-10-18(24)21(26-2)12-15(14)11-17(23)19-4-3-7-27-19;1-3-21-15(18)6-7-20-10-12(16)8-11-4-5-13(17)14(9-11)19-2/h4-13,23-24,26-28H,1-3H3;3-7,9-10,12,22,24H,8,11H2,1-2H3;4-5,9,17H,3,6-8,10H2,1-2H3. The van der Waals surface area contributed by atoms with Gasteiger partial charge in [-0.15, -0.1) is 0 Å². The van der Waals surface area contributed by atoms with Crippen LogP contribution < -0.4 is 23.7 Å². The fourth-order valence-electron chi connectivity index (χ4n) is 8.83. The summed E-state index contributed by atoms with van der Waals surface area (Å²) in [5, 5.41) is 49.6. The number of hydrogen-bond donors (Lipinski definition) is 5. The van der Waals surface area contributed by atoms with Crippen LogP contribution in [0.25, 0.3) is 0 Å². The number of hydrogen-bond acceptors (Lipinski definition) is 20. The largest absolute Gasteiger partial charge is 0.504 e. The summed E-state index contributed by atoms with van der Waals surface area (Å²) in [4.78, 5) is 62.0. The zero-order valence-electron chi connectivity index (χ0n) is 46.2. The van der Waals surface area contributed by atoms with E-state index >= 15 is 0 Å². The molecular formula is C62H64O20. The molecule has 0 fully saturated rings. The molecule has 3 heterocycles. The van der Waals surface area contributed by atoms with Crippen LogP contribution in [0, 0.1) is 0 Å². The number of Topliss-reactive ketones (excluding diaryl/α,β-unsaturated/α-hetero) is 3. The van der Waals surface area contributed by atoms with Crippen molar-refractivity contribution in [3.8, 4) is 57.5 Å². The zero-order chi connectivity index (χ0) is 59.5. The van der Waals surface area contributed by atoms with E-state index in [0.717, 1.165) is 22.3 Å². The molecule has 0 aliphatic carbocycles. The van der Waals surface area contributed by atoms with E-state index in [4.69, 9.17) is 46.7 Å². The highest BCUT2D eigenvalue weighted by atomic mass is 16.5. The Morgan fingerprint density at radius 1 is 0.585 bits per heavy atom. The molecule has 82 heavy (non-hydrogen) atoms. The smallest absolute Gasteiger partial charge is 0.308 e. The number of aromatic hydroxyl groups is 5. The quantitative estimate of drug-likeness (QED) is 0.0214. The second-order valence-electron chi connectivity index (χ2n) is 18.3. The fourth-order valence-corrected chi connectivity index (χ4v) is 8.83. The zero-order valence-corrected chi connectivity index (χ0v) is 46.2. The van der Waals surface area contributed by atoms with Gasteiger partial charge in [0.25, 0.3) is 0 Å². The van der Waals surface area contributed by atoms with Crippen LogP contribution in [0.3, 0.4) is 0 Å². The highest BCUT2D eigenvalue weighted by Gasteiger charge is 2.44. The predicted octanol–water partition coefficient (Wildman–Crippen LogP) is 9.54. The summed E-state index contributed by atoms with van der Waals surface area (Å²) in [6.45, 7) is 3.82. The predicted molar refractivity (Wildman–Crippen MR) is 296 cm³/mol. The maximum atomic E-state index is 13.8. The van der Waals surface area contributed by atoms with Crippen LogP contribution >= 0.6 is 0 Å². The Kier molecular flexibility index (Phi) is 22.1.